The van der Waals surface area contributed by atoms with Gasteiger partial charge in [-0.3, -0.25) is 15.0 Å². The molecule has 0 aliphatic carbocycles. The second-order valence-corrected chi connectivity index (χ2v) is 9.76. The lowest BCUT2D eigenvalue weighted by Gasteiger charge is -2.35. The van der Waals surface area contributed by atoms with E-state index in [1.54, 1.807) is 38.9 Å². The lowest BCUT2D eigenvalue weighted by atomic mass is 9.85. The standard InChI is InChI=1S/C20H25N3O6S/c1-12-17(20(24)29-13(2)22(3)4)18(14-7-5-8-15(11-14)23(25)26)19-16(21-12)9-6-10-30(19,27)28/h5,7-8,11,13,18,21H,6,9-10H2,1-4H3. The third kappa shape index (κ3) is 4.10. The van der Waals surface area contributed by atoms with Crippen LogP contribution in [0.2, 0.25) is 0 Å². The summed E-state index contributed by atoms with van der Waals surface area (Å²) in [6.45, 7) is 3.39. The number of ether oxygens (including phenoxy) is 1. The Labute approximate surface area is 175 Å². The number of sulfone groups is 1. The van der Waals surface area contributed by atoms with Gasteiger partial charge in [-0.1, -0.05) is 12.1 Å². The summed E-state index contributed by atoms with van der Waals surface area (Å²) in [6.07, 6.45) is 0.454. The van der Waals surface area contributed by atoms with Crippen LogP contribution >= 0.6 is 0 Å². The van der Waals surface area contributed by atoms with E-state index in [4.69, 9.17) is 4.74 Å². The van der Waals surface area contributed by atoms with Crippen molar-refractivity contribution in [2.45, 2.75) is 38.8 Å². The number of nitrogens with one attached hydrogen (secondary N) is 1. The zero-order valence-electron chi connectivity index (χ0n) is 17.3. The number of benzene rings is 1. The highest BCUT2D eigenvalue weighted by molar-refractivity contribution is 7.95. The average molecular weight is 436 g/mol. The molecule has 3 rings (SSSR count). The normalized spacial score (nSPS) is 21.7. The topological polar surface area (TPSA) is 119 Å². The molecule has 9 nitrogen and oxygen atoms in total. The predicted molar refractivity (Wildman–Crippen MR) is 111 cm³/mol. The van der Waals surface area contributed by atoms with Gasteiger partial charge in [0, 0.05) is 23.5 Å². The molecule has 2 heterocycles. The average Bonchev–Trinajstić information content (AvgIpc) is 2.66. The molecule has 0 saturated carbocycles. The minimum Gasteiger partial charge on any atom is -0.443 e. The minimum atomic E-state index is -3.65. The summed E-state index contributed by atoms with van der Waals surface area (Å²) in [5, 5.41) is 14.4. The van der Waals surface area contributed by atoms with Gasteiger partial charge in [-0.25, -0.2) is 13.2 Å². The van der Waals surface area contributed by atoms with Crippen LogP contribution in [0.15, 0.2) is 46.1 Å². The highest BCUT2D eigenvalue weighted by atomic mass is 32.2. The minimum absolute atomic E-state index is 0.0333. The van der Waals surface area contributed by atoms with Crippen molar-refractivity contribution in [3.8, 4) is 0 Å². The number of allylic oxidation sites excluding steroid dienone is 3. The van der Waals surface area contributed by atoms with Gasteiger partial charge in [-0.2, -0.15) is 0 Å². The molecule has 0 saturated heterocycles. The smallest absolute Gasteiger partial charge is 0.338 e. The van der Waals surface area contributed by atoms with E-state index in [0.717, 1.165) is 0 Å². The number of hydrogen-bond acceptors (Lipinski definition) is 8. The van der Waals surface area contributed by atoms with Crippen molar-refractivity contribution in [3.63, 3.8) is 0 Å². The Hall–Kier alpha value is -2.72. The quantitative estimate of drug-likeness (QED) is 0.324. The van der Waals surface area contributed by atoms with Gasteiger partial charge in [0.25, 0.3) is 5.69 Å². The summed E-state index contributed by atoms with van der Waals surface area (Å²) in [7, 11) is -0.149. The van der Waals surface area contributed by atoms with E-state index in [2.05, 4.69) is 5.32 Å². The number of nitro benzene ring substituents is 1. The monoisotopic (exact) mass is 435 g/mol. The first-order chi connectivity index (χ1) is 14.0. The van der Waals surface area contributed by atoms with E-state index in [-0.39, 0.29) is 21.9 Å². The molecule has 30 heavy (non-hydrogen) atoms. The number of carbonyl (C=O) groups is 1. The van der Waals surface area contributed by atoms with Crippen molar-refractivity contribution >= 4 is 21.5 Å². The van der Waals surface area contributed by atoms with Crippen LogP contribution in [0.25, 0.3) is 0 Å². The molecule has 1 aromatic rings. The van der Waals surface area contributed by atoms with Crippen LogP contribution in [-0.4, -0.2) is 50.3 Å². The first-order valence-electron chi connectivity index (χ1n) is 9.58. The van der Waals surface area contributed by atoms with Crippen LogP contribution < -0.4 is 5.32 Å². The Kier molecular flexibility index (Phi) is 6.00. The van der Waals surface area contributed by atoms with Crippen LogP contribution in [0.3, 0.4) is 0 Å². The number of carbonyl (C=O) groups excluding carboxylic acids is 1. The number of hydrogen-bond donors (Lipinski definition) is 1. The molecular formula is C20H25N3O6S. The summed E-state index contributed by atoms with van der Waals surface area (Å²) < 4.78 is 31.6. The first kappa shape index (κ1) is 22.0. The second-order valence-electron chi connectivity index (χ2n) is 7.68. The van der Waals surface area contributed by atoms with Crippen molar-refractivity contribution in [3.05, 3.63) is 61.8 Å². The van der Waals surface area contributed by atoms with Gasteiger partial charge in [-0.05, 0) is 46.3 Å². The molecule has 0 radical (unpaired) electrons. The highest BCUT2D eigenvalue weighted by Gasteiger charge is 2.42. The van der Waals surface area contributed by atoms with E-state index in [1.165, 1.54) is 18.2 Å². The molecule has 0 bridgehead atoms. The van der Waals surface area contributed by atoms with Crippen LogP contribution in [0.1, 0.15) is 38.2 Å². The van der Waals surface area contributed by atoms with Crippen molar-refractivity contribution in [2.75, 3.05) is 19.8 Å². The summed E-state index contributed by atoms with van der Waals surface area (Å²) in [5.41, 5.74) is 1.36. The maximum atomic E-state index is 13.1. The summed E-state index contributed by atoms with van der Waals surface area (Å²) in [4.78, 5) is 25.7. The lowest BCUT2D eigenvalue weighted by Crippen LogP contribution is -2.37. The Morgan fingerprint density at radius 1 is 1.37 bits per heavy atom. The SMILES string of the molecule is CC1=C(C(=O)OC(C)N(C)C)C(c2cccc([N+](=O)[O-])c2)C2=C(CCCS2(=O)=O)N1. The third-order valence-electron chi connectivity index (χ3n) is 5.40. The molecule has 0 amide bonds. The fourth-order valence-electron chi connectivity index (χ4n) is 3.71. The van der Waals surface area contributed by atoms with Crippen molar-refractivity contribution in [1.82, 2.24) is 10.2 Å². The molecule has 0 fully saturated rings. The van der Waals surface area contributed by atoms with Gasteiger partial charge in [0.15, 0.2) is 16.1 Å². The van der Waals surface area contributed by atoms with Gasteiger partial charge < -0.3 is 10.1 Å². The van der Waals surface area contributed by atoms with E-state index < -0.39 is 32.9 Å². The highest BCUT2D eigenvalue weighted by Crippen LogP contribution is 2.45. The Bertz CT molecular complexity index is 1060. The third-order valence-corrected chi connectivity index (χ3v) is 7.38. The molecule has 0 aromatic heterocycles. The fourth-order valence-corrected chi connectivity index (χ4v) is 5.60. The molecular weight excluding hydrogens is 410 g/mol. The molecule has 0 spiro atoms. The maximum Gasteiger partial charge on any atom is 0.338 e. The van der Waals surface area contributed by atoms with E-state index in [0.29, 0.717) is 29.8 Å². The number of esters is 1. The molecule has 2 aliphatic heterocycles. The van der Waals surface area contributed by atoms with Crippen molar-refractivity contribution in [1.29, 1.82) is 0 Å². The van der Waals surface area contributed by atoms with Gasteiger partial charge in [0.1, 0.15) is 0 Å². The summed E-state index contributed by atoms with van der Waals surface area (Å²) >= 11 is 0. The lowest BCUT2D eigenvalue weighted by molar-refractivity contribution is -0.384. The van der Waals surface area contributed by atoms with Crippen LogP contribution in [0.4, 0.5) is 5.69 Å². The maximum absolute atomic E-state index is 13.1. The summed E-state index contributed by atoms with van der Waals surface area (Å²) in [5.74, 6) is -1.66. The zero-order chi connectivity index (χ0) is 22.2. The Morgan fingerprint density at radius 3 is 2.70 bits per heavy atom. The fraction of sp³-hybridized carbons (Fsp3) is 0.450. The van der Waals surface area contributed by atoms with Crippen LogP contribution in [0, 0.1) is 10.1 Å². The molecule has 1 aromatic carbocycles. The predicted octanol–water partition coefficient (Wildman–Crippen LogP) is 2.43. The Morgan fingerprint density at radius 2 is 2.07 bits per heavy atom. The molecule has 162 valence electrons. The van der Waals surface area contributed by atoms with Crippen molar-refractivity contribution in [2.24, 2.45) is 0 Å². The van der Waals surface area contributed by atoms with Crippen LogP contribution in [-0.2, 0) is 19.4 Å². The number of dihydropyridines is 1. The zero-order valence-corrected chi connectivity index (χ0v) is 18.2. The van der Waals surface area contributed by atoms with E-state index in [9.17, 15) is 23.3 Å². The van der Waals surface area contributed by atoms with Gasteiger partial charge in [0.2, 0.25) is 0 Å². The molecule has 1 N–H and O–H groups in total. The van der Waals surface area contributed by atoms with Gasteiger partial charge in [-0.15, -0.1) is 0 Å². The number of rotatable bonds is 5. The number of nitro groups is 1. The molecule has 2 aliphatic rings. The largest absolute Gasteiger partial charge is 0.443 e. The number of non-ortho nitro benzene ring substituents is 1. The Balaban J connectivity index is 2.19. The molecule has 2 atom stereocenters. The van der Waals surface area contributed by atoms with E-state index in [1.807, 2.05) is 0 Å². The first-order valence-corrected chi connectivity index (χ1v) is 11.2. The van der Waals surface area contributed by atoms with E-state index >= 15 is 0 Å². The molecule has 10 heteroatoms. The number of nitrogens with zero attached hydrogens (tertiary/aromatic N) is 2. The second kappa shape index (κ2) is 8.19. The van der Waals surface area contributed by atoms with Gasteiger partial charge in [0.05, 0.1) is 27.1 Å². The summed E-state index contributed by atoms with van der Waals surface area (Å²) in [6, 6.07) is 5.75. The van der Waals surface area contributed by atoms with Crippen molar-refractivity contribution < 1.29 is 22.9 Å². The van der Waals surface area contributed by atoms with Gasteiger partial charge >= 0.3 is 5.97 Å². The molecule has 2 unspecified atom stereocenters. The van der Waals surface area contributed by atoms with Crippen LogP contribution in [0.5, 0.6) is 0 Å².